The zero-order valence-electron chi connectivity index (χ0n) is 19.6. The Bertz CT molecular complexity index is 1000. The fraction of sp³-hybridized carbons (Fsp3) is 0.538. The molecule has 1 saturated carbocycles. The summed E-state index contributed by atoms with van der Waals surface area (Å²) in [5, 5.41) is 11.2. The molecule has 1 heterocycles. The number of nitrogens with zero attached hydrogens (tertiary/aromatic N) is 1. The van der Waals surface area contributed by atoms with Crippen molar-refractivity contribution in [2.75, 3.05) is 26.2 Å². The third-order valence-corrected chi connectivity index (χ3v) is 7.23. The van der Waals surface area contributed by atoms with Gasteiger partial charge in [0.15, 0.2) is 0 Å². The van der Waals surface area contributed by atoms with Crippen molar-refractivity contribution in [1.29, 1.82) is 0 Å². The lowest BCUT2D eigenvalue weighted by Crippen LogP contribution is -2.52. The lowest BCUT2D eigenvalue weighted by Gasteiger charge is -2.48. The summed E-state index contributed by atoms with van der Waals surface area (Å²) >= 11 is 0. The molecule has 1 N–H and O–H groups in total. The largest absolute Gasteiger partial charge is 0.573 e. The Labute approximate surface area is 205 Å². The number of halogens is 6. The number of benzene rings is 2. The van der Waals surface area contributed by atoms with Crippen molar-refractivity contribution < 1.29 is 40.9 Å². The Balaban J connectivity index is 1.37. The lowest BCUT2D eigenvalue weighted by molar-refractivity contribution is -0.275. The highest BCUT2D eigenvalue weighted by Gasteiger charge is 2.48. The second-order valence-electron chi connectivity index (χ2n) is 9.67. The Morgan fingerprint density at radius 2 is 1.67 bits per heavy atom. The normalized spacial score (nSPS) is 21.5. The van der Waals surface area contributed by atoms with Crippen LogP contribution in [0.4, 0.5) is 26.3 Å². The highest BCUT2D eigenvalue weighted by atomic mass is 19.4. The number of piperidine rings is 1. The molecule has 2 aromatic carbocycles. The Hall–Kier alpha value is -2.46. The summed E-state index contributed by atoms with van der Waals surface area (Å²) in [6, 6.07) is 10.6. The zero-order chi connectivity index (χ0) is 26.0. The maximum atomic E-state index is 13.0. The van der Waals surface area contributed by atoms with Crippen molar-refractivity contribution in [3.05, 3.63) is 59.7 Å². The van der Waals surface area contributed by atoms with E-state index in [1.165, 1.54) is 24.3 Å². The minimum Gasteiger partial charge on any atom is -0.493 e. The maximum absolute atomic E-state index is 13.0. The fourth-order valence-corrected chi connectivity index (χ4v) is 5.26. The highest BCUT2D eigenvalue weighted by Crippen LogP contribution is 2.50. The molecule has 1 unspecified atom stereocenters. The van der Waals surface area contributed by atoms with Crippen LogP contribution in [0, 0.1) is 5.92 Å². The van der Waals surface area contributed by atoms with Gasteiger partial charge in [-0.1, -0.05) is 24.6 Å². The number of ether oxygens (including phenoxy) is 2. The number of aliphatic hydroxyl groups is 1. The van der Waals surface area contributed by atoms with Gasteiger partial charge < -0.3 is 19.5 Å². The van der Waals surface area contributed by atoms with Gasteiger partial charge in [0, 0.05) is 30.0 Å². The van der Waals surface area contributed by atoms with E-state index in [1.54, 1.807) is 12.1 Å². The summed E-state index contributed by atoms with van der Waals surface area (Å²) < 4.78 is 87.1. The second kappa shape index (κ2) is 10.5. The molecule has 2 aliphatic rings. The van der Waals surface area contributed by atoms with Crippen LogP contribution in [-0.4, -0.2) is 48.7 Å². The van der Waals surface area contributed by atoms with Crippen LogP contribution in [0.5, 0.6) is 11.5 Å². The number of hydrogen-bond donors (Lipinski definition) is 1. The summed E-state index contributed by atoms with van der Waals surface area (Å²) in [4.78, 5) is 2.09. The average molecular weight is 518 g/mol. The van der Waals surface area contributed by atoms with Crippen molar-refractivity contribution in [1.82, 2.24) is 4.90 Å². The Kier molecular flexibility index (Phi) is 7.75. The van der Waals surface area contributed by atoms with E-state index in [2.05, 4.69) is 9.64 Å². The van der Waals surface area contributed by atoms with Gasteiger partial charge in [0.05, 0.1) is 18.3 Å². The van der Waals surface area contributed by atoms with E-state index in [9.17, 15) is 31.4 Å². The van der Waals surface area contributed by atoms with E-state index in [1.807, 2.05) is 0 Å². The van der Waals surface area contributed by atoms with Gasteiger partial charge in [-0.15, -0.1) is 13.2 Å². The van der Waals surface area contributed by atoms with Crippen LogP contribution in [-0.2, 0) is 11.6 Å². The molecule has 4 rings (SSSR count). The minimum absolute atomic E-state index is 0.117. The maximum Gasteiger partial charge on any atom is 0.573 e. The van der Waals surface area contributed by atoms with E-state index in [0.717, 1.165) is 37.9 Å². The van der Waals surface area contributed by atoms with Gasteiger partial charge in [-0.3, -0.25) is 0 Å². The number of aliphatic hydroxyl groups excluding tert-OH is 1. The molecule has 0 radical (unpaired) electrons. The standard InChI is InChI=1S/C26H29F6NO3/c27-25(28,29)19-8-10-20(11-9-19)35-17-18-5-3-14-33(15-18)16-23(34)24(12-4-13-24)21-6-1-2-7-22(21)36-26(30,31)32/h1-2,6-11,18,23,34H,3-5,12-17H2/t18?,23-/m0/s1. The quantitative estimate of drug-likeness (QED) is 0.425. The Morgan fingerprint density at radius 3 is 2.28 bits per heavy atom. The van der Waals surface area contributed by atoms with Crippen LogP contribution in [0.15, 0.2) is 48.5 Å². The number of β-amino-alcohol motifs (C(OH)–C–C–N with tert-alkyl or cyclic N) is 1. The molecule has 198 valence electrons. The smallest absolute Gasteiger partial charge is 0.493 e. The van der Waals surface area contributed by atoms with E-state index in [4.69, 9.17) is 4.74 Å². The second-order valence-corrected chi connectivity index (χ2v) is 9.67. The van der Waals surface area contributed by atoms with Crippen LogP contribution in [0.1, 0.15) is 43.2 Å². The number of alkyl halides is 6. The molecule has 0 spiro atoms. The van der Waals surface area contributed by atoms with Gasteiger partial charge in [-0.25, -0.2) is 0 Å². The third kappa shape index (κ3) is 6.26. The summed E-state index contributed by atoms with van der Waals surface area (Å²) in [5.74, 6) is 0.200. The summed E-state index contributed by atoms with van der Waals surface area (Å²) in [5.41, 5.74) is -1.16. The van der Waals surface area contributed by atoms with Crippen molar-refractivity contribution in [3.8, 4) is 11.5 Å². The SMILES string of the molecule is O[C@@H](CN1CCCC(COc2ccc(C(F)(F)F)cc2)C1)C1(c2ccccc2OC(F)(F)F)CCC1. The summed E-state index contributed by atoms with van der Waals surface area (Å²) in [6.07, 6.45) is -6.42. The number of likely N-dealkylation sites (tertiary alicyclic amines) is 1. The zero-order valence-corrected chi connectivity index (χ0v) is 19.6. The molecule has 2 fully saturated rings. The predicted molar refractivity (Wildman–Crippen MR) is 121 cm³/mol. The van der Waals surface area contributed by atoms with Crippen molar-refractivity contribution in [3.63, 3.8) is 0 Å². The molecule has 36 heavy (non-hydrogen) atoms. The molecule has 10 heteroatoms. The number of para-hydroxylation sites is 1. The first-order valence-electron chi connectivity index (χ1n) is 12.0. The van der Waals surface area contributed by atoms with Gasteiger partial charge >= 0.3 is 12.5 Å². The molecular formula is C26H29F6NO3. The van der Waals surface area contributed by atoms with Gasteiger partial charge in [-0.05, 0) is 62.6 Å². The molecule has 1 aliphatic carbocycles. The fourth-order valence-electron chi connectivity index (χ4n) is 5.26. The summed E-state index contributed by atoms with van der Waals surface area (Å²) in [6.45, 7) is 1.99. The van der Waals surface area contributed by atoms with Crippen molar-refractivity contribution in [2.45, 2.75) is 56.2 Å². The van der Waals surface area contributed by atoms with Crippen LogP contribution in [0.2, 0.25) is 0 Å². The lowest BCUT2D eigenvalue weighted by atomic mass is 9.60. The molecule has 0 amide bonds. The Morgan fingerprint density at radius 1 is 0.972 bits per heavy atom. The number of hydrogen-bond acceptors (Lipinski definition) is 4. The van der Waals surface area contributed by atoms with Crippen molar-refractivity contribution >= 4 is 0 Å². The van der Waals surface area contributed by atoms with Crippen molar-refractivity contribution in [2.24, 2.45) is 5.92 Å². The molecule has 0 bridgehead atoms. The molecule has 4 nitrogen and oxygen atoms in total. The van der Waals surface area contributed by atoms with E-state index in [-0.39, 0.29) is 11.7 Å². The molecule has 1 aliphatic heterocycles. The summed E-state index contributed by atoms with van der Waals surface area (Å²) in [7, 11) is 0. The molecule has 2 atom stereocenters. The predicted octanol–water partition coefficient (Wildman–Crippen LogP) is 6.18. The topological polar surface area (TPSA) is 41.9 Å². The van der Waals surface area contributed by atoms with Crippen LogP contribution in [0.3, 0.4) is 0 Å². The van der Waals surface area contributed by atoms with Gasteiger partial charge in [0.1, 0.15) is 11.5 Å². The minimum atomic E-state index is -4.82. The molecule has 1 saturated heterocycles. The van der Waals surface area contributed by atoms with Gasteiger partial charge in [0.2, 0.25) is 0 Å². The van der Waals surface area contributed by atoms with E-state index < -0.39 is 29.6 Å². The van der Waals surface area contributed by atoms with Crippen LogP contribution < -0.4 is 9.47 Å². The van der Waals surface area contributed by atoms with Gasteiger partial charge in [-0.2, -0.15) is 13.2 Å². The van der Waals surface area contributed by atoms with E-state index >= 15 is 0 Å². The van der Waals surface area contributed by atoms with E-state index in [0.29, 0.717) is 43.9 Å². The molecular weight excluding hydrogens is 488 g/mol. The van der Waals surface area contributed by atoms with Crippen LogP contribution in [0.25, 0.3) is 0 Å². The highest BCUT2D eigenvalue weighted by molar-refractivity contribution is 5.42. The average Bonchev–Trinajstić information content (AvgIpc) is 2.77. The first-order valence-corrected chi connectivity index (χ1v) is 12.0. The third-order valence-electron chi connectivity index (χ3n) is 7.23. The van der Waals surface area contributed by atoms with Gasteiger partial charge in [0.25, 0.3) is 0 Å². The first kappa shape index (κ1) is 26.6. The molecule has 0 aromatic heterocycles. The van der Waals surface area contributed by atoms with Crippen LogP contribution >= 0.6 is 0 Å². The monoisotopic (exact) mass is 517 g/mol. The molecule has 2 aromatic rings. The number of rotatable bonds is 8. The first-order chi connectivity index (χ1) is 17.0.